The molecule has 0 aliphatic rings. The second-order valence-electron chi connectivity index (χ2n) is 5.51. The predicted octanol–water partition coefficient (Wildman–Crippen LogP) is 1.13. The SMILES string of the molecule is COc1ccc(S(=O)(=O)NCCC(=O)OC(C(N)=O)c2ccccc2)cc1. The monoisotopic (exact) mass is 392 g/mol. The van der Waals surface area contributed by atoms with Gasteiger partial charge in [0.25, 0.3) is 5.91 Å². The minimum absolute atomic E-state index is 0.0379. The third kappa shape index (κ3) is 5.80. The molecule has 1 unspecified atom stereocenters. The Morgan fingerprint density at radius 3 is 2.26 bits per heavy atom. The van der Waals surface area contributed by atoms with Crippen LogP contribution in [0.2, 0.25) is 0 Å². The fraction of sp³-hybridized carbons (Fsp3) is 0.222. The van der Waals surface area contributed by atoms with Crippen molar-refractivity contribution in [3.8, 4) is 5.75 Å². The number of hydrogen-bond acceptors (Lipinski definition) is 6. The molecule has 2 aromatic rings. The fourth-order valence-electron chi connectivity index (χ4n) is 2.23. The minimum Gasteiger partial charge on any atom is -0.497 e. The van der Waals surface area contributed by atoms with E-state index in [0.29, 0.717) is 11.3 Å². The van der Waals surface area contributed by atoms with Gasteiger partial charge in [-0.25, -0.2) is 13.1 Å². The molecule has 0 fully saturated rings. The molecule has 0 saturated carbocycles. The number of carbonyl (C=O) groups excluding carboxylic acids is 2. The summed E-state index contributed by atoms with van der Waals surface area (Å²) in [6, 6.07) is 14.1. The van der Waals surface area contributed by atoms with Gasteiger partial charge in [0, 0.05) is 12.1 Å². The molecule has 0 radical (unpaired) electrons. The summed E-state index contributed by atoms with van der Waals surface area (Å²) in [4.78, 5) is 23.5. The smallest absolute Gasteiger partial charge is 0.308 e. The van der Waals surface area contributed by atoms with Crippen molar-refractivity contribution < 1.29 is 27.5 Å². The van der Waals surface area contributed by atoms with Crippen molar-refractivity contribution >= 4 is 21.9 Å². The van der Waals surface area contributed by atoms with E-state index < -0.39 is 28.0 Å². The third-order valence-electron chi connectivity index (χ3n) is 3.60. The number of methoxy groups -OCH3 is 1. The van der Waals surface area contributed by atoms with Crippen LogP contribution in [0.3, 0.4) is 0 Å². The van der Waals surface area contributed by atoms with Crippen LogP contribution in [0.4, 0.5) is 0 Å². The zero-order valence-electron chi connectivity index (χ0n) is 14.6. The molecule has 3 N–H and O–H groups in total. The van der Waals surface area contributed by atoms with Gasteiger partial charge in [0.2, 0.25) is 16.1 Å². The van der Waals surface area contributed by atoms with E-state index in [9.17, 15) is 18.0 Å². The van der Waals surface area contributed by atoms with Crippen LogP contribution in [0, 0.1) is 0 Å². The Kier molecular flexibility index (Phi) is 6.91. The Labute approximate surface area is 157 Å². The van der Waals surface area contributed by atoms with Gasteiger partial charge in [-0.05, 0) is 24.3 Å². The van der Waals surface area contributed by atoms with Crippen LogP contribution in [0.5, 0.6) is 5.75 Å². The van der Waals surface area contributed by atoms with Crippen LogP contribution in [0.15, 0.2) is 59.5 Å². The number of nitrogens with one attached hydrogen (secondary N) is 1. The topological polar surface area (TPSA) is 125 Å². The van der Waals surface area contributed by atoms with Crippen LogP contribution in [0.25, 0.3) is 0 Å². The molecule has 27 heavy (non-hydrogen) atoms. The number of amides is 1. The molecular formula is C18H20N2O6S. The highest BCUT2D eigenvalue weighted by atomic mass is 32.2. The van der Waals surface area contributed by atoms with Gasteiger partial charge in [0.15, 0.2) is 0 Å². The Morgan fingerprint density at radius 1 is 1.07 bits per heavy atom. The van der Waals surface area contributed by atoms with E-state index in [2.05, 4.69) is 4.72 Å². The van der Waals surface area contributed by atoms with E-state index in [1.54, 1.807) is 30.3 Å². The normalized spacial score (nSPS) is 12.2. The van der Waals surface area contributed by atoms with Crippen LogP contribution in [-0.4, -0.2) is 33.9 Å². The highest BCUT2D eigenvalue weighted by molar-refractivity contribution is 7.89. The van der Waals surface area contributed by atoms with Gasteiger partial charge in [-0.2, -0.15) is 0 Å². The number of rotatable bonds is 9. The maximum Gasteiger partial charge on any atom is 0.308 e. The summed E-state index contributed by atoms with van der Waals surface area (Å²) in [5.41, 5.74) is 5.72. The number of carbonyl (C=O) groups is 2. The number of ether oxygens (including phenoxy) is 2. The van der Waals surface area contributed by atoms with Gasteiger partial charge < -0.3 is 15.2 Å². The minimum atomic E-state index is -3.78. The quantitative estimate of drug-likeness (QED) is 0.617. The van der Waals surface area contributed by atoms with E-state index in [0.717, 1.165) is 0 Å². The molecule has 1 atom stereocenters. The van der Waals surface area contributed by atoms with E-state index >= 15 is 0 Å². The van der Waals surface area contributed by atoms with Gasteiger partial charge in [-0.3, -0.25) is 9.59 Å². The Bertz CT molecular complexity index is 882. The van der Waals surface area contributed by atoms with Crippen molar-refractivity contribution in [1.82, 2.24) is 4.72 Å². The highest BCUT2D eigenvalue weighted by Gasteiger charge is 2.22. The molecule has 144 valence electrons. The first-order valence-electron chi connectivity index (χ1n) is 8.01. The zero-order valence-corrected chi connectivity index (χ0v) is 15.4. The largest absolute Gasteiger partial charge is 0.497 e. The molecule has 9 heteroatoms. The maximum absolute atomic E-state index is 12.2. The molecule has 2 aromatic carbocycles. The molecule has 2 rings (SSSR count). The fourth-order valence-corrected chi connectivity index (χ4v) is 3.27. The van der Waals surface area contributed by atoms with E-state index in [1.807, 2.05) is 0 Å². The number of sulfonamides is 1. The lowest BCUT2D eigenvalue weighted by atomic mass is 10.1. The van der Waals surface area contributed by atoms with Crippen molar-refractivity contribution in [1.29, 1.82) is 0 Å². The molecule has 0 saturated heterocycles. The van der Waals surface area contributed by atoms with E-state index in [-0.39, 0.29) is 17.9 Å². The summed E-state index contributed by atoms with van der Waals surface area (Å²) in [5, 5.41) is 0. The summed E-state index contributed by atoms with van der Waals surface area (Å²) in [6.07, 6.45) is -1.48. The van der Waals surface area contributed by atoms with Crippen LogP contribution < -0.4 is 15.2 Å². The summed E-state index contributed by atoms with van der Waals surface area (Å²) >= 11 is 0. The van der Waals surface area contributed by atoms with Crippen molar-refractivity contribution in [2.24, 2.45) is 5.73 Å². The maximum atomic E-state index is 12.2. The third-order valence-corrected chi connectivity index (χ3v) is 5.08. The average Bonchev–Trinajstić information content (AvgIpc) is 2.66. The Balaban J connectivity index is 1.91. The lowest BCUT2D eigenvalue weighted by molar-refractivity contribution is -0.155. The first-order valence-corrected chi connectivity index (χ1v) is 9.49. The lowest BCUT2D eigenvalue weighted by Crippen LogP contribution is -2.29. The standard InChI is InChI=1S/C18H20N2O6S/c1-25-14-7-9-15(10-8-14)27(23,24)20-12-11-16(21)26-17(18(19)22)13-5-3-2-4-6-13/h2-10,17,20H,11-12H2,1H3,(H2,19,22). The highest BCUT2D eigenvalue weighted by Crippen LogP contribution is 2.18. The van der Waals surface area contributed by atoms with Gasteiger partial charge in [-0.15, -0.1) is 0 Å². The summed E-state index contributed by atoms with van der Waals surface area (Å²) in [5.74, 6) is -1.04. The number of primary amides is 1. The first-order chi connectivity index (χ1) is 12.8. The molecule has 0 aliphatic carbocycles. The van der Waals surface area contributed by atoms with Crippen LogP contribution in [0.1, 0.15) is 18.1 Å². The van der Waals surface area contributed by atoms with Crippen LogP contribution >= 0.6 is 0 Å². The second-order valence-corrected chi connectivity index (χ2v) is 7.27. The van der Waals surface area contributed by atoms with Crippen molar-refractivity contribution in [3.05, 3.63) is 60.2 Å². The van der Waals surface area contributed by atoms with Gasteiger partial charge in [0.05, 0.1) is 18.4 Å². The summed E-state index contributed by atoms with van der Waals surface area (Å²) < 4.78 is 36.7. The van der Waals surface area contributed by atoms with Crippen molar-refractivity contribution in [2.45, 2.75) is 17.4 Å². The van der Waals surface area contributed by atoms with Crippen molar-refractivity contribution in [3.63, 3.8) is 0 Å². The first kappa shape index (κ1) is 20.4. The molecule has 8 nitrogen and oxygen atoms in total. The number of hydrogen-bond donors (Lipinski definition) is 2. The van der Waals surface area contributed by atoms with Crippen molar-refractivity contribution in [2.75, 3.05) is 13.7 Å². The summed E-state index contributed by atoms with van der Waals surface area (Å²) in [7, 11) is -2.31. The Hall–Kier alpha value is -2.91. The van der Waals surface area contributed by atoms with Gasteiger partial charge >= 0.3 is 5.97 Å². The molecule has 0 aromatic heterocycles. The van der Waals surface area contributed by atoms with Gasteiger partial charge in [0.1, 0.15) is 5.75 Å². The van der Waals surface area contributed by atoms with Gasteiger partial charge in [-0.1, -0.05) is 30.3 Å². The zero-order chi connectivity index (χ0) is 19.9. The Morgan fingerprint density at radius 2 is 1.70 bits per heavy atom. The lowest BCUT2D eigenvalue weighted by Gasteiger charge is -2.15. The predicted molar refractivity (Wildman–Crippen MR) is 97.3 cm³/mol. The molecular weight excluding hydrogens is 372 g/mol. The average molecular weight is 392 g/mol. The van der Waals surface area contributed by atoms with Crippen LogP contribution in [-0.2, 0) is 24.3 Å². The molecule has 0 spiro atoms. The molecule has 1 amide bonds. The van der Waals surface area contributed by atoms with E-state index in [1.165, 1.54) is 31.4 Å². The van der Waals surface area contributed by atoms with E-state index in [4.69, 9.17) is 15.2 Å². The molecule has 0 heterocycles. The second kappa shape index (κ2) is 9.15. The summed E-state index contributed by atoms with van der Waals surface area (Å²) in [6.45, 7) is -0.187. The molecule has 0 bridgehead atoms. The molecule has 0 aliphatic heterocycles. The number of benzene rings is 2. The number of esters is 1. The number of nitrogens with two attached hydrogens (primary N) is 1.